The average molecular weight is 390 g/mol. The largest absolute Gasteiger partial charge is 0.481 e. The van der Waals surface area contributed by atoms with Gasteiger partial charge in [-0.1, -0.05) is 67.1 Å². The summed E-state index contributed by atoms with van der Waals surface area (Å²) in [6, 6.07) is 20.4. The Labute approximate surface area is 167 Å². The van der Waals surface area contributed by atoms with E-state index in [1.54, 1.807) is 11.8 Å². The highest BCUT2D eigenvalue weighted by Gasteiger charge is 2.10. The van der Waals surface area contributed by atoms with Crippen LogP contribution in [0.25, 0.3) is 0 Å². The fourth-order valence-electron chi connectivity index (χ4n) is 2.63. The van der Waals surface area contributed by atoms with Crippen LogP contribution in [0.1, 0.15) is 44.6 Å². The van der Waals surface area contributed by atoms with Crippen molar-refractivity contribution < 1.29 is 11.3 Å². The fraction of sp³-hybridized carbons (Fsp3) is 0.409. The molecule has 140 valence electrons. The van der Waals surface area contributed by atoms with E-state index in [1.807, 2.05) is 48.2 Å². The molecule has 0 saturated carbocycles. The normalized spacial score (nSPS) is 13.8. The summed E-state index contributed by atoms with van der Waals surface area (Å²) in [5, 5.41) is 9.32. The highest BCUT2D eigenvalue weighted by Crippen LogP contribution is 2.27. The van der Waals surface area contributed by atoms with Crippen LogP contribution in [0.5, 0.6) is 0 Å². The Hall–Kier alpha value is -1.39. The van der Waals surface area contributed by atoms with E-state index in [0.29, 0.717) is 5.25 Å². The van der Waals surface area contributed by atoms with Crippen molar-refractivity contribution in [2.75, 3.05) is 5.75 Å². The fourth-order valence-corrected chi connectivity index (χ4v) is 4.91. The van der Waals surface area contributed by atoms with Crippen LogP contribution in [0, 0.1) is 0 Å². The molecular formula is C22H28O2S2. The van der Waals surface area contributed by atoms with Crippen LogP contribution in [0.15, 0.2) is 60.7 Å². The molecular weight excluding hydrogens is 360 g/mol. The monoisotopic (exact) mass is 389 g/mol. The van der Waals surface area contributed by atoms with Gasteiger partial charge in [-0.05, 0) is 36.1 Å². The molecule has 2 nitrogen and oxygen atoms in total. The Morgan fingerprint density at radius 2 is 1.62 bits per heavy atom. The van der Waals surface area contributed by atoms with Gasteiger partial charge in [0.25, 0.3) is 0 Å². The lowest BCUT2D eigenvalue weighted by molar-refractivity contribution is -0.137. The molecule has 2 aromatic rings. The molecule has 0 radical (unpaired) electrons. The second-order valence-electron chi connectivity index (χ2n) is 6.25. The second-order valence-corrected chi connectivity index (χ2v) is 8.51. The summed E-state index contributed by atoms with van der Waals surface area (Å²) >= 11 is 3.64. The first-order valence-corrected chi connectivity index (χ1v) is 11.2. The van der Waals surface area contributed by atoms with Gasteiger partial charge < -0.3 is 5.11 Å². The number of aliphatic carboxylic acids is 1. The summed E-state index contributed by atoms with van der Waals surface area (Å²) in [4.78, 5) is 10.7. The van der Waals surface area contributed by atoms with Crippen molar-refractivity contribution in [3.05, 3.63) is 71.8 Å². The molecule has 26 heavy (non-hydrogen) atoms. The zero-order chi connectivity index (χ0) is 19.3. The second kappa shape index (κ2) is 12.9. The molecule has 2 aromatic carbocycles. The maximum atomic E-state index is 10.7. The van der Waals surface area contributed by atoms with Gasteiger partial charge in [0.2, 0.25) is 0 Å². The molecule has 0 saturated heterocycles. The van der Waals surface area contributed by atoms with E-state index in [0.717, 1.165) is 42.8 Å². The number of unbranched alkanes of at least 4 members (excludes halogenated alkanes) is 1. The molecule has 0 bridgehead atoms. The average Bonchev–Trinajstić information content (AvgIpc) is 2.70. The molecule has 2 atom stereocenters. The van der Waals surface area contributed by atoms with Gasteiger partial charge in [0.1, 0.15) is 0 Å². The third-order valence-corrected chi connectivity index (χ3v) is 6.42. The maximum Gasteiger partial charge on any atom is 0.303 e. The summed E-state index contributed by atoms with van der Waals surface area (Å²) in [6.45, 7) is 0. The van der Waals surface area contributed by atoms with E-state index in [-0.39, 0.29) is 12.1 Å². The van der Waals surface area contributed by atoms with Crippen LogP contribution < -0.4 is 0 Å². The standard InChI is InChI=1S/C22H28O2S2/c23-22(24)14-8-7-13-21(26-18-20-11-5-2-6-12-20)15-16-25-17-19-9-3-1-4-10-19/h1-6,9-12,21H,7-8,13-18H2,(H,23,24)/i17D. The Balaban J connectivity index is 1.78. The lowest BCUT2D eigenvalue weighted by Crippen LogP contribution is -2.06. The topological polar surface area (TPSA) is 37.3 Å². The Bertz CT molecular complexity index is 652. The third kappa shape index (κ3) is 9.35. The van der Waals surface area contributed by atoms with E-state index < -0.39 is 5.97 Å². The molecule has 2 unspecified atom stereocenters. The van der Waals surface area contributed by atoms with Crippen molar-refractivity contribution in [1.82, 2.24) is 0 Å². The molecule has 0 aromatic heterocycles. The molecule has 0 fully saturated rings. The van der Waals surface area contributed by atoms with Crippen molar-refractivity contribution in [2.45, 2.75) is 48.8 Å². The van der Waals surface area contributed by atoms with Crippen LogP contribution >= 0.6 is 23.5 Å². The predicted molar refractivity (Wildman–Crippen MR) is 115 cm³/mol. The molecule has 0 amide bonds. The van der Waals surface area contributed by atoms with Crippen molar-refractivity contribution in [3.63, 3.8) is 0 Å². The first-order chi connectivity index (χ1) is 13.1. The molecule has 1 N–H and O–H groups in total. The minimum absolute atomic E-state index is 0.238. The van der Waals surface area contributed by atoms with Crippen molar-refractivity contribution >= 4 is 29.5 Å². The molecule has 4 heteroatoms. The number of carboxylic acids is 1. The highest BCUT2D eigenvalue weighted by atomic mass is 32.2. The van der Waals surface area contributed by atoms with Gasteiger partial charge in [-0.2, -0.15) is 23.5 Å². The SMILES string of the molecule is [2H]C(SCCC(CCCCC(=O)O)SCc1ccccc1)c1ccccc1. The number of carboxylic acid groups (broad SMARTS) is 1. The summed E-state index contributed by atoms with van der Waals surface area (Å²) in [5.41, 5.74) is 2.14. The van der Waals surface area contributed by atoms with E-state index in [2.05, 4.69) is 24.3 Å². The Kier molecular flexibility index (Phi) is 9.60. The Morgan fingerprint density at radius 1 is 0.962 bits per heavy atom. The quantitative estimate of drug-likeness (QED) is 0.410. The molecule has 0 heterocycles. The van der Waals surface area contributed by atoms with Crippen LogP contribution in [-0.2, 0) is 16.3 Å². The highest BCUT2D eigenvalue weighted by molar-refractivity contribution is 7.99. The maximum absolute atomic E-state index is 10.7. The van der Waals surface area contributed by atoms with Gasteiger partial charge in [-0.15, -0.1) is 0 Å². The van der Waals surface area contributed by atoms with Gasteiger partial charge >= 0.3 is 5.97 Å². The number of thioether (sulfide) groups is 2. The van der Waals surface area contributed by atoms with Gasteiger partial charge in [-0.25, -0.2) is 0 Å². The zero-order valence-electron chi connectivity index (χ0n) is 16.0. The number of carbonyl (C=O) groups is 1. The van der Waals surface area contributed by atoms with Crippen molar-refractivity contribution in [3.8, 4) is 0 Å². The predicted octanol–water partition coefficient (Wildman–Crippen LogP) is 6.26. The van der Waals surface area contributed by atoms with Crippen molar-refractivity contribution in [2.24, 2.45) is 0 Å². The van der Waals surface area contributed by atoms with E-state index in [9.17, 15) is 4.79 Å². The number of benzene rings is 2. The number of hydrogen-bond donors (Lipinski definition) is 1. The van der Waals surface area contributed by atoms with Crippen LogP contribution in [0.2, 0.25) is 0 Å². The van der Waals surface area contributed by atoms with Crippen molar-refractivity contribution in [1.29, 1.82) is 0 Å². The zero-order valence-corrected chi connectivity index (χ0v) is 16.7. The van der Waals surface area contributed by atoms with Crippen LogP contribution in [0.4, 0.5) is 0 Å². The molecule has 0 aliphatic heterocycles. The summed E-state index contributed by atoms with van der Waals surface area (Å²) < 4.78 is 8.30. The van der Waals surface area contributed by atoms with E-state index in [4.69, 9.17) is 6.48 Å². The van der Waals surface area contributed by atoms with Gasteiger partial charge in [0.15, 0.2) is 0 Å². The molecule has 0 aliphatic rings. The van der Waals surface area contributed by atoms with Crippen LogP contribution in [-0.4, -0.2) is 22.1 Å². The minimum Gasteiger partial charge on any atom is -0.481 e. The van der Waals surface area contributed by atoms with Gasteiger partial charge in [0.05, 0.1) is 0 Å². The van der Waals surface area contributed by atoms with E-state index in [1.165, 1.54) is 5.56 Å². The first kappa shape index (κ1) is 19.4. The number of rotatable bonds is 13. The molecule has 2 rings (SSSR count). The molecule has 0 aliphatic carbocycles. The third-order valence-electron chi connectivity index (χ3n) is 4.07. The number of hydrogen-bond acceptors (Lipinski definition) is 3. The summed E-state index contributed by atoms with van der Waals surface area (Å²) in [5.74, 6) is 1.23. The lowest BCUT2D eigenvalue weighted by atomic mass is 10.1. The van der Waals surface area contributed by atoms with Crippen LogP contribution in [0.3, 0.4) is 0 Å². The smallest absolute Gasteiger partial charge is 0.303 e. The molecule has 0 spiro atoms. The van der Waals surface area contributed by atoms with Gasteiger partial charge in [-0.3, -0.25) is 4.79 Å². The Morgan fingerprint density at radius 3 is 2.27 bits per heavy atom. The summed E-state index contributed by atoms with van der Waals surface area (Å²) in [7, 11) is 0. The summed E-state index contributed by atoms with van der Waals surface area (Å²) in [6.07, 6.45) is 4.05. The van der Waals surface area contributed by atoms with Gasteiger partial charge in [0, 0.05) is 24.5 Å². The lowest BCUT2D eigenvalue weighted by Gasteiger charge is -2.16. The van der Waals surface area contributed by atoms with E-state index >= 15 is 0 Å². The first-order valence-electron chi connectivity index (χ1n) is 9.69. The minimum atomic E-state index is -0.709.